The van der Waals surface area contributed by atoms with Crippen LogP contribution in [0.4, 0.5) is 5.82 Å². The molecule has 0 saturated carbocycles. The summed E-state index contributed by atoms with van der Waals surface area (Å²) >= 11 is 0. The second-order valence-corrected chi connectivity index (χ2v) is 5.62. The van der Waals surface area contributed by atoms with Gasteiger partial charge in [0.2, 0.25) is 0 Å². The number of amides is 1. The lowest BCUT2D eigenvalue weighted by molar-refractivity contribution is -0.00461. The highest BCUT2D eigenvalue weighted by molar-refractivity contribution is 5.95. The van der Waals surface area contributed by atoms with Gasteiger partial charge >= 0.3 is 0 Å². The number of methoxy groups -OCH3 is 2. The van der Waals surface area contributed by atoms with Gasteiger partial charge in [-0.3, -0.25) is 4.79 Å². The van der Waals surface area contributed by atoms with E-state index in [9.17, 15) is 4.79 Å². The molecular formula is C15H23N3O3. The zero-order valence-electron chi connectivity index (χ0n) is 13.0. The minimum atomic E-state index is -0.0947. The van der Waals surface area contributed by atoms with E-state index in [1.807, 2.05) is 19.9 Å². The fraction of sp³-hybridized carbons (Fsp3) is 0.600. The van der Waals surface area contributed by atoms with E-state index in [2.05, 4.69) is 4.98 Å². The molecule has 2 N–H and O–H groups in total. The molecule has 0 aliphatic carbocycles. The molecule has 0 spiro atoms. The first kappa shape index (κ1) is 15.7. The Morgan fingerprint density at radius 1 is 1.29 bits per heavy atom. The lowest BCUT2D eigenvalue weighted by Crippen LogP contribution is -2.30. The van der Waals surface area contributed by atoms with Crippen molar-refractivity contribution in [1.29, 1.82) is 0 Å². The average Bonchev–Trinajstić information content (AvgIpc) is 2.88. The van der Waals surface area contributed by atoms with Gasteiger partial charge in [0.15, 0.2) is 0 Å². The SMILES string of the molecule is COC1CN(C(=O)c2cc(N)nc(C(C)C)c2)CC1OC. The first-order valence-electron chi connectivity index (χ1n) is 7.08. The van der Waals surface area contributed by atoms with Crippen LogP contribution in [-0.2, 0) is 9.47 Å². The van der Waals surface area contributed by atoms with Crippen LogP contribution in [0.1, 0.15) is 35.8 Å². The van der Waals surface area contributed by atoms with Crippen molar-refractivity contribution in [2.45, 2.75) is 32.0 Å². The smallest absolute Gasteiger partial charge is 0.254 e. The molecule has 1 aromatic heterocycles. The summed E-state index contributed by atoms with van der Waals surface area (Å²) in [7, 11) is 3.26. The molecule has 1 fully saturated rings. The zero-order valence-corrected chi connectivity index (χ0v) is 13.0. The second kappa shape index (κ2) is 6.41. The van der Waals surface area contributed by atoms with Gasteiger partial charge in [-0.15, -0.1) is 0 Å². The second-order valence-electron chi connectivity index (χ2n) is 5.62. The third kappa shape index (κ3) is 3.33. The van der Waals surface area contributed by atoms with Crippen molar-refractivity contribution in [2.24, 2.45) is 0 Å². The number of carbonyl (C=O) groups excluding carboxylic acids is 1. The van der Waals surface area contributed by atoms with Crippen molar-refractivity contribution >= 4 is 11.7 Å². The van der Waals surface area contributed by atoms with Crippen LogP contribution in [0.2, 0.25) is 0 Å². The van der Waals surface area contributed by atoms with E-state index in [1.165, 1.54) is 0 Å². The summed E-state index contributed by atoms with van der Waals surface area (Å²) in [5, 5.41) is 0. The van der Waals surface area contributed by atoms with Crippen molar-refractivity contribution in [3.05, 3.63) is 23.4 Å². The molecule has 2 atom stereocenters. The highest BCUT2D eigenvalue weighted by atomic mass is 16.5. The molecular weight excluding hydrogens is 270 g/mol. The predicted molar refractivity (Wildman–Crippen MR) is 80.2 cm³/mol. The monoisotopic (exact) mass is 293 g/mol. The molecule has 1 saturated heterocycles. The standard InChI is InChI=1S/C15H23N3O3/c1-9(2)11-5-10(6-14(16)17-11)15(19)18-7-12(20-3)13(8-18)21-4/h5-6,9,12-13H,7-8H2,1-4H3,(H2,16,17). The van der Waals surface area contributed by atoms with Crippen LogP contribution in [-0.4, -0.2) is 55.3 Å². The van der Waals surface area contributed by atoms with E-state index in [1.54, 1.807) is 25.2 Å². The highest BCUT2D eigenvalue weighted by Gasteiger charge is 2.36. The maximum atomic E-state index is 12.6. The fourth-order valence-electron chi connectivity index (χ4n) is 2.54. The van der Waals surface area contributed by atoms with E-state index in [0.29, 0.717) is 24.5 Å². The number of likely N-dealkylation sites (tertiary alicyclic amines) is 1. The Balaban J connectivity index is 2.21. The third-order valence-corrected chi connectivity index (χ3v) is 3.81. The number of nitrogen functional groups attached to an aromatic ring is 1. The van der Waals surface area contributed by atoms with Gasteiger partial charge in [0, 0.05) is 38.6 Å². The van der Waals surface area contributed by atoms with E-state index >= 15 is 0 Å². The Labute approximate surface area is 125 Å². The van der Waals surface area contributed by atoms with E-state index in [0.717, 1.165) is 5.69 Å². The molecule has 1 aliphatic rings. The van der Waals surface area contributed by atoms with Crippen molar-refractivity contribution in [3.63, 3.8) is 0 Å². The van der Waals surface area contributed by atoms with Gasteiger partial charge in [0.05, 0.1) is 0 Å². The molecule has 2 unspecified atom stereocenters. The van der Waals surface area contributed by atoms with Gasteiger partial charge in [-0.1, -0.05) is 13.8 Å². The minimum absolute atomic E-state index is 0.0624. The summed E-state index contributed by atoms with van der Waals surface area (Å²) in [5.74, 6) is 0.528. The molecule has 0 bridgehead atoms. The maximum absolute atomic E-state index is 12.6. The summed E-state index contributed by atoms with van der Waals surface area (Å²) in [5.41, 5.74) is 7.20. The number of hydrogen-bond donors (Lipinski definition) is 1. The maximum Gasteiger partial charge on any atom is 0.254 e. The first-order valence-corrected chi connectivity index (χ1v) is 7.08. The minimum Gasteiger partial charge on any atom is -0.384 e. The van der Waals surface area contributed by atoms with Crippen molar-refractivity contribution in [2.75, 3.05) is 33.0 Å². The number of hydrogen-bond acceptors (Lipinski definition) is 5. The molecule has 1 aliphatic heterocycles. The number of aromatic nitrogens is 1. The molecule has 2 heterocycles. The lowest BCUT2D eigenvalue weighted by Gasteiger charge is -2.17. The summed E-state index contributed by atoms with van der Waals surface area (Å²) < 4.78 is 10.7. The van der Waals surface area contributed by atoms with Gasteiger partial charge in [0.25, 0.3) is 5.91 Å². The number of nitrogens with two attached hydrogens (primary N) is 1. The lowest BCUT2D eigenvalue weighted by atomic mass is 10.1. The quantitative estimate of drug-likeness (QED) is 0.904. The predicted octanol–water partition coefficient (Wildman–Crippen LogP) is 1.27. The molecule has 6 heteroatoms. The van der Waals surface area contributed by atoms with Gasteiger partial charge < -0.3 is 20.1 Å². The Kier molecular flexibility index (Phi) is 4.80. The van der Waals surface area contributed by atoms with Crippen LogP contribution in [0.15, 0.2) is 12.1 Å². The summed E-state index contributed by atoms with van der Waals surface area (Å²) in [6.07, 6.45) is -0.189. The number of carbonyl (C=O) groups is 1. The number of nitrogens with zero attached hydrogens (tertiary/aromatic N) is 2. The summed E-state index contributed by atoms with van der Waals surface area (Å²) in [6.45, 7) is 5.09. The Bertz CT molecular complexity index is 507. The number of anilines is 1. The summed E-state index contributed by atoms with van der Waals surface area (Å²) in [6, 6.07) is 3.43. The van der Waals surface area contributed by atoms with Gasteiger partial charge in [0.1, 0.15) is 18.0 Å². The molecule has 1 amide bonds. The largest absolute Gasteiger partial charge is 0.384 e. The normalized spacial score (nSPS) is 22.0. The Morgan fingerprint density at radius 2 is 1.86 bits per heavy atom. The van der Waals surface area contributed by atoms with E-state index < -0.39 is 0 Å². The molecule has 0 radical (unpaired) electrons. The van der Waals surface area contributed by atoms with Crippen LogP contribution in [0.5, 0.6) is 0 Å². The van der Waals surface area contributed by atoms with Gasteiger partial charge in [-0.25, -0.2) is 4.98 Å². The van der Waals surface area contributed by atoms with Crippen LogP contribution in [0.3, 0.4) is 0 Å². The zero-order chi connectivity index (χ0) is 15.6. The van der Waals surface area contributed by atoms with Crippen molar-refractivity contribution in [1.82, 2.24) is 9.88 Å². The Morgan fingerprint density at radius 3 is 2.33 bits per heavy atom. The van der Waals surface area contributed by atoms with Crippen LogP contribution < -0.4 is 5.73 Å². The third-order valence-electron chi connectivity index (χ3n) is 3.81. The number of rotatable bonds is 4. The van der Waals surface area contributed by atoms with E-state index in [4.69, 9.17) is 15.2 Å². The van der Waals surface area contributed by atoms with Crippen molar-refractivity contribution < 1.29 is 14.3 Å². The molecule has 6 nitrogen and oxygen atoms in total. The Hall–Kier alpha value is -1.66. The molecule has 2 rings (SSSR count). The van der Waals surface area contributed by atoms with Crippen molar-refractivity contribution in [3.8, 4) is 0 Å². The topological polar surface area (TPSA) is 77.7 Å². The molecule has 21 heavy (non-hydrogen) atoms. The number of pyridine rings is 1. The molecule has 0 aromatic carbocycles. The molecule has 1 aromatic rings. The first-order chi connectivity index (χ1) is 9.96. The average molecular weight is 293 g/mol. The highest BCUT2D eigenvalue weighted by Crippen LogP contribution is 2.21. The number of ether oxygens (including phenoxy) is 2. The fourth-order valence-corrected chi connectivity index (χ4v) is 2.54. The van der Waals surface area contributed by atoms with Gasteiger partial charge in [-0.05, 0) is 18.1 Å². The van der Waals surface area contributed by atoms with Crippen LogP contribution in [0.25, 0.3) is 0 Å². The van der Waals surface area contributed by atoms with Crippen LogP contribution >= 0.6 is 0 Å². The van der Waals surface area contributed by atoms with E-state index in [-0.39, 0.29) is 24.0 Å². The molecule has 116 valence electrons. The van der Waals surface area contributed by atoms with Gasteiger partial charge in [-0.2, -0.15) is 0 Å². The van der Waals surface area contributed by atoms with Crippen LogP contribution in [0, 0.1) is 0 Å². The summed E-state index contributed by atoms with van der Waals surface area (Å²) in [4.78, 5) is 18.6.